The second-order valence-electron chi connectivity index (χ2n) is 4.25. The molecule has 0 unspecified atom stereocenters. The number of thioether (sulfide) groups is 1. The van der Waals surface area contributed by atoms with E-state index in [9.17, 15) is 0 Å². The Kier molecular flexibility index (Phi) is 3.62. The fourth-order valence-electron chi connectivity index (χ4n) is 1.83. The third kappa shape index (κ3) is 2.75. The molecule has 3 aromatic rings. The van der Waals surface area contributed by atoms with Gasteiger partial charge in [0.05, 0.1) is 17.9 Å². The second-order valence-corrected chi connectivity index (χ2v) is 5.20. The van der Waals surface area contributed by atoms with E-state index in [0.717, 1.165) is 5.56 Å². The van der Waals surface area contributed by atoms with E-state index in [1.807, 2.05) is 18.2 Å². The quantitative estimate of drug-likeness (QED) is 0.587. The summed E-state index contributed by atoms with van der Waals surface area (Å²) >= 11 is 1.45. The number of nitrogen functional groups attached to an aromatic ring is 1. The van der Waals surface area contributed by atoms with Gasteiger partial charge in [-0.1, -0.05) is 23.9 Å². The lowest BCUT2D eigenvalue weighted by Crippen LogP contribution is -2.11. The summed E-state index contributed by atoms with van der Waals surface area (Å²) in [4.78, 5) is 0. The van der Waals surface area contributed by atoms with E-state index in [1.54, 1.807) is 24.5 Å². The van der Waals surface area contributed by atoms with Crippen LogP contribution in [0.2, 0.25) is 0 Å². The van der Waals surface area contributed by atoms with Crippen LogP contribution in [0.15, 0.2) is 52.2 Å². The number of nitriles is 1. The standard InChI is InChI=1S/C14H11N5OS/c15-8-10-3-1-4-11(7-10)9-21-14-18-17-13(19(14)16)12-5-2-6-20-12/h1-7H,9,16H2. The highest BCUT2D eigenvalue weighted by molar-refractivity contribution is 7.98. The molecule has 6 nitrogen and oxygen atoms in total. The van der Waals surface area contributed by atoms with Gasteiger partial charge in [-0.3, -0.25) is 0 Å². The van der Waals surface area contributed by atoms with Crippen LogP contribution in [0, 0.1) is 11.3 Å². The molecule has 0 aliphatic heterocycles. The predicted molar refractivity (Wildman–Crippen MR) is 78.6 cm³/mol. The number of benzene rings is 1. The Balaban J connectivity index is 1.76. The molecule has 21 heavy (non-hydrogen) atoms. The van der Waals surface area contributed by atoms with E-state index in [1.165, 1.54) is 16.4 Å². The number of hydrogen-bond acceptors (Lipinski definition) is 6. The molecule has 0 atom stereocenters. The van der Waals surface area contributed by atoms with Crippen LogP contribution in [-0.2, 0) is 5.75 Å². The third-order valence-corrected chi connectivity index (χ3v) is 3.84. The summed E-state index contributed by atoms with van der Waals surface area (Å²) in [5, 5.41) is 17.6. The van der Waals surface area contributed by atoms with Crippen molar-refractivity contribution >= 4 is 11.8 Å². The number of furan rings is 1. The molecule has 0 spiro atoms. The topological polar surface area (TPSA) is 93.7 Å². The highest BCUT2D eigenvalue weighted by Gasteiger charge is 2.14. The maximum atomic E-state index is 8.89. The van der Waals surface area contributed by atoms with Crippen LogP contribution in [0.5, 0.6) is 0 Å². The summed E-state index contributed by atoms with van der Waals surface area (Å²) in [5.74, 6) is 7.68. The van der Waals surface area contributed by atoms with Crippen LogP contribution < -0.4 is 5.84 Å². The van der Waals surface area contributed by atoms with Crippen LogP contribution >= 0.6 is 11.8 Å². The third-order valence-electron chi connectivity index (χ3n) is 2.83. The molecular formula is C14H11N5OS. The minimum absolute atomic E-state index is 0.480. The second kappa shape index (κ2) is 5.73. The SMILES string of the molecule is N#Cc1cccc(CSc2nnc(-c3ccco3)n2N)c1. The van der Waals surface area contributed by atoms with Crippen molar-refractivity contribution in [2.24, 2.45) is 0 Å². The minimum Gasteiger partial charge on any atom is -0.461 e. The molecule has 0 saturated heterocycles. The molecule has 0 amide bonds. The number of nitrogens with two attached hydrogens (primary N) is 1. The molecule has 1 aromatic carbocycles. The number of rotatable bonds is 4. The van der Waals surface area contributed by atoms with Crippen LogP contribution in [0.4, 0.5) is 0 Å². The van der Waals surface area contributed by atoms with Gasteiger partial charge in [0.1, 0.15) is 0 Å². The van der Waals surface area contributed by atoms with Crippen molar-refractivity contribution in [2.45, 2.75) is 10.9 Å². The Morgan fingerprint density at radius 2 is 2.19 bits per heavy atom. The molecule has 3 rings (SSSR count). The van der Waals surface area contributed by atoms with Gasteiger partial charge in [0.15, 0.2) is 5.76 Å². The fraction of sp³-hybridized carbons (Fsp3) is 0.0714. The Morgan fingerprint density at radius 1 is 1.29 bits per heavy atom. The van der Waals surface area contributed by atoms with Crippen molar-refractivity contribution in [3.8, 4) is 17.7 Å². The van der Waals surface area contributed by atoms with Gasteiger partial charge in [-0.2, -0.15) is 5.26 Å². The van der Waals surface area contributed by atoms with Crippen molar-refractivity contribution in [2.75, 3.05) is 5.84 Å². The van der Waals surface area contributed by atoms with Gasteiger partial charge >= 0.3 is 0 Å². The first-order valence-corrected chi connectivity index (χ1v) is 7.12. The Morgan fingerprint density at radius 3 is 2.95 bits per heavy atom. The van der Waals surface area contributed by atoms with E-state index in [4.69, 9.17) is 15.5 Å². The van der Waals surface area contributed by atoms with Gasteiger partial charge in [0.2, 0.25) is 11.0 Å². The number of nitrogens with zero attached hydrogens (tertiary/aromatic N) is 4. The number of aromatic nitrogens is 3. The summed E-state index contributed by atoms with van der Waals surface area (Å²) in [7, 11) is 0. The molecule has 0 aliphatic rings. The van der Waals surface area contributed by atoms with E-state index >= 15 is 0 Å². The lowest BCUT2D eigenvalue weighted by Gasteiger charge is -2.02. The van der Waals surface area contributed by atoms with Crippen LogP contribution in [-0.4, -0.2) is 14.9 Å². The van der Waals surface area contributed by atoms with Crippen molar-refractivity contribution in [3.63, 3.8) is 0 Å². The summed E-state index contributed by atoms with van der Waals surface area (Å²) in [5.41, 5.74) is 1.67. The van der Waals surface area contributed by atoms with E-state index in [0.29, 0.717) is 28.1 Å². The first kappa shape index (κ1) is 13.3. The molecule has 0 fully saturated rings. The molecular weight excluding hydrogens is 286 g/mol. The summed E-state index contributed by atoms with van der Waals surface area (Å²) in [6.45, 7) is 0. The van der Waals surface area contributed by atoms with Crippen LogP contribution in [0.25, 0.3) is 11.6 Å². The molecule has 2 heterocycles. The maximum Gasteiger partial charge on any atom is 0.218 e. The first-order chi connectivity index (χ1) is 10.3. The normalized spacial score (nSPS) is 10.4. The molecule has 2 aromatic heterocycles. The Hall–Kier alpha value is -2.72. The van der Waals surface area contributed by atoms with Gasteiger partial charge in [-0.25, -0.2) is 4.68 Å². The van der Waals surface area contributed by atoms with Crippen molar-refractivity contribution in [1.29, 1.82) is 5.26 Å². The van der Waals surface area contributed by atoms with Gasteiger partial charge in [0, 0.05) is 5.75 Å². The first-order valence-electron chi connectivity index (χ1n) is 6.14. The lowest BCUT2D eigenvalue weighted by atomic mass is 10.2. The van der Waals surface area contributed by atoms with Crippen LogP contribution in [0.3, 0.4) is 0 Å². The maximum absolute atomic E-state index is 8.89. The zero-order valence-electron chi connectivity index (χ0n) is 10.9. The van der Waals surface area contributed by atoms with Gasteiger partial charge < -0.3 is 10.3 Å². The van der Waals surface area contributed by atoms with Gasteiger partial charge in [0.25, 0.3) is 0 Å². The lowest BCUT2D eigenvalue weighted by molar-refractivity contribution is 0.574. The van der Waals surface area contributed by atoms with Gasteiger partial charge in [-0.05, 0) is 29.8 Å². The average molecular weight is 297 g/mol. The molecule has 2 N–H and O–H groups in total. The van der Waals surface area contributed by atoms with Crippen molar-refractivity contribution in [1.82, 2.24) is 14.9 Å². The minimum atomic E-state index is 0.480. The summed E-state index contributed by atoms with van der Waals surface area (Å²) in [6.07, 6.45) is 1.56. The van der Waals surface area contributed by atoms with Crippen LogP contribution in [0.1, 0.15) is 11.1 Å². The van der Waals surface area contributed by atoms with E-state index in [-0.39, 0.29) is 0 Å². The summed E-state index contributed by atoms with van der Waals surface area (Å²) < 4.78 is 6.66. The molecule has 0 saturated carbocycles. The average Bonchev–Trinajstić information content (AvgIpc) is 3.15. The molecule has 0 aliphatic carbocycles. The zero-order valence-corrected chi connectivity index (χ0v) is 11.7. The highest BCUT2D eigenvalue weighted by atomic mass is 32.2. The van der Waals surface area contributed by atoms with E-state index < -0.39 is 0 Å². The molecule has 0 radical (unpaired) electrons. The number of hydrogen-bond donors (Lipinski definition) is 1. The molecule has 104 valence electrons. The van der Waals surface area contributed by atoms with Gasteiger partial charge in [-0.15, -0.1) is 10.2 Å². The van der Waals surface area contributed by atoms with E-state index in [2.05, 4.69) is 16.3 Å². The molecule has 7 heteroatoms. The summed E-state index contributed by atoms with van der Waals surface area (Å²) in [6, 6.07) is 13.1. The Labute approximate surface area is 125 Å². The highest BCUT2D eigenvalue weighted by Crippen LogP contribution is 2.24. The predicted octanol–water partition coefficient (Wildman–Crippen LogP) is 2.42. The molecule has 0 bridgehead atoms. The Bertz CT molecular complexity index is 788. The fourth-order valence-corrected chi connectivity index (χ4v) is 2.63. The zero-order chi connectivity index (χ0) is 14.7. The van der Waals surface area contributed by atoms with Crippen molar-refractivity contribution < 1.29 is 4.42 Å². The smallest absolute Gasteiger partial charge is 0.218 e. The monoisotopic (exact) mass is 297 g/mol. The largest absolute Gasteiger partial charge is 0.461 e. The van der Waals surface area contributed by atoms with Crippen molar-refractivity contribution in [3.05, 3.63) is 53.8 Å².